The SMILES string of the molecule is C=C(C)C/C(C)=C\C. The Labute approximate surface area is 51.9 Å². The Hall–Kier alpha value is -0.520. The summed E-state index contributed by atoms with van der Waals surface area (Å²) in [6.45, 7) is 10.0. The zero-order valence-corrected chi connectivity index (χ0v) is 5.99. The van der Waals surface area contributed by atoms with Crippen LogP contribution in [0.1, 0.15) is 27.2 Å². The number of allylic oxidation sites excluding steroid dienone is 3. The molecule has 0 radical (unpaired) electrons. The van der Waals surface area contributed by atoms with Gasteiger partial charge in [0.1, 0.15) is 0 Å². The van der Waals surface area contributed by atoms with Crippen LogP contribution in [0.4, 0.5) is 0 Å². The molecule has 0 fully saturated rings. The molecule has 0 aliphatic carbocycles. The van der Waals surface area contributed by atoms with Crippen molar-refractivity contribution in [3.05, 3.63) is 23.8 Å². The topological polar surface area (TPSA) is 0 Å². The molecule has 0 aromatic rings. The quantitative estimate of drug-likeness (QED) is 0.479. The van der Waals surface area contributed by atoms with Crippen molar-refractivity contribution in [1.29, 1.82) is 0 Å². The van der Waals surface area contributed by atoms with Gasteiger partial charge in [0.05, 0.1) is 0 Å². The normalized spacial score (nSPS) is 11.6. The van der Waals surface area contributed by atoms with Gasteiger partial charge < -0.3 is 0 Å². The molecule has 0 atom stereocenters. The lowest BCUT2D eigenvalue weighted by Crippen LogP contribution is -1.75. The number of hydrogen-bond donors (Lipinski definition) is 0. The Morgan fingerprint density at radius 1 is 1.50 bits per heavy atom. The minimum absolute atomic E-state index is 1.05. The summed E-state index contributed by atoms with van der Waals surface area (Å²) >= 11 is 0. The summed E-state index contributed by atoms with van der Waals surface area (Å²) in [6, 6.07) is 0. The van der Waals surface area contributed by atoms with Gasteiger partial charge in [0.15, 0.2) is 0 Å². The fourth-order valence-corrected chi connectivity index (χ4v) is 0.578. The van der Waals surface area contributed by atoms with Gasteiger partial charge in [0, 0.05) is 0 Å². The van der Waals surface area contributed by atoms with Crippen LogP contribution in [0.5, 0.6) is 0 Å². The standard InChI is InChI=1S/C8H14/c1-5-8(4)6-7(2)3/h5H,2,6H2,1,3-4H3/b8-5-. The minimum Gasteiger partial charge on any atom is -0.0998 e. The van der Waals surface area contributed by atoms with Gasteiger partial charge in [-0.15, -0.1) is 0 Å². The molecular weight excluding hydrogens is 96.1 g/mol. The van der Waals surface area contributed by atoms with Crippen molar-refractivity contribution >= 4 is 0 Å². The second-order valence-corrected chi connectivity index (χ2v) is 2.27. The third-order valence-electron chi connectivity index (χ3n) is 1.07. The fraction of sp³-hybridized carbons (Fsp3) is 0.500. The molecular formula is C8H14. The highest BCUT2D eigenvalue weighted by Gasteiger charge is 1.85. The summed E-state index contributed by atoms with van der Waals surface area (Å²) in [5, 5.41) is 0. The first-order chi connectivity index (χ1) is 3.66. The van der Waals surface area contributed by atoms with E-state index in [1.165, 1.54) is 11.1 Å². The molecule has 0 aromatic carbocycles. The number of rotatable bonds is 2. The Kier molecular flexibility index (Phi) is 3.25. The molecule has 0 N–H and O–H groups in total. The van der Waals surface area contributed by atoms with E-state index in [0.29, 0.717) is 0 Å². The van der Waals surface area contributed by atoms with Crippen molar-refractivity contribution in [2.24, 2.45) is 0 Å². The molecule has 0 aromatic heterocycles. The molecule has 0 aliphatic rings. The van der Waals surface area contributed by atoms with E-state index in [0.717, 1.165) is 6.42 Å². The summed E-state index contributed by atoms with van der Waals surface area (Å²) in [5.41, 5.74) is 2.64. The zero-order chi connectivity index (χ0) is 6.57. The van der Waals surface area contributed by atoms with Crippen LogP contribution < -0.4 is 0 Å². The lowest BCUT2D eigenvalue weighted by Gasteiger charge is -1.95. The molecule has 0 aliphatic heterocycles. The first-order valence-electron chi connectivity index (χ1n) is 2.93. The van der Waals surface area contributed by atoms with E-state index in [1.807, 2.05) is 6.92 Å². The highest BCUT2D eigenvalue weighted by Crippen LogP contribution is 2.05. The van der Waals surface area contributed by atoms with Crippen LogP contribution >= 0.6 is 0 Å². The maximum Gasteiger partial charge on any atom is -0.0117 e. The number of hydrogen-bond acceptors (Lipinski definition) is 0. The van der Waals surface area contributed by atoms with E-state index < -0.39 is 0 Å². The van der Waals surface area contributed by atoms with E-state index in [2.05, 4.69) is 26.5 Å². The molecule has 0 unspecified atom stereocenters. The molecule has 0 saturated carbocycles. The largest absolute Gasteiger partial charge is 0.0998 e. The first kappa shape index (κ1) is 7.48. The van der Waals surface area contributed by atoms with Crippen LogP contribution in [0.25, 0.3) is 0 Å². The highest BCUT2D eigenvalue weighted by molar-refractivity contribution is 5.07. The third kappa shape index (κ3) is 3.66. The molecule has 0 heteroatoms. The Morgan fingerprint density at radius 3 is 2.12 bits per heavy atom. The second-order valence-electron chi connectivity index (χ2n) is 2.27. The Morgan fingerprint density at radius 2 is 2.00 bits per heavy atom. The Bertz CT molecular complexity index is 107. The minimum atomic E-state index is 1.05. The van der Waals surface area contributed by atoms with E-state index in [4.69, 9.17) is 0 Å². The van der Waals surface area contributed by atoms with Crippen molar-refractivity contribution in [3.8, 4) is 0 Å². The molecule has 0 nitrogen and oxygen atoms in total. The average Bonchev–Trinajstić information content (AvgIpc) is 1.65. The maximum atomic E-state index is 3.80. The molecule has 0 amide bonds. The molecule has 0 saturated heterocycles. The lowest BCUT2D eigenvalue weighted by molar-refractivity contribution is 1.11. The van der Waals surface area contributed by atoms with Crippen LogP contribution in [-0.4, -0.2) is 0 Å². The van der Waals surface area contributed by atoms with Crippen LogP contribution in [0.3, 0.4) is 0 Å². The van der Waals surface area contributed by atoms with Gasteiger partial charge in [-0.05, 0) is 27.2 Å². The summed E-state index contributed by atoms with van der Waals surface area (Å²) in [6.07, 6.45) is 3.17. The van der Waals surface area contributed by atoms with Crippen LogP contribution in [0, 0.1) is 0 Å². The predicted octanol–water partition coefficient (Wildman–Crippen LogP) is 2.92. The van der Waals surface area contributed by atoms with Crippen molar-refractivity contribution in [3.63, 3.8) is 0 Å². The third-order valence-corrected chi connectivity index (χ3v) is 1.07. The van der Waals surface area contributed by atoms with E-state index in [9.17, 15) is 0 Å². The van der Waals surface area contributed by atoms with Crippen molar-refractivity contribution in [2.75, 3.05) is 0 Å². The summed E-state index contributed by atoms with van der Waals surface area (Å²) in [7, 11) is 0. The monoisotopic (exact) mass is 110 g/mol. The second kappa shape index (κ2) is 3.48. The van der Waals surface area contributed by atoms with Crippen LogP contribution in [0.2, 0.25) is 0 Å². The molecule has 0 bridgehead atoms. The van der Waals surface area contributed by atoms with E-state index in [-0.39, 0.29) is 0 Å². The summed E-state index contributed by atoms with van der Waals surface area (Å²) < 4.78 is 0. The van der Waals surface area contributed by atoms with Crippen molar-refractivity contribution in [1.82, 2.24) is 0 Å². The average molecular weight is 110 g/mol. The van der Waals surface area contributed by atoms with Gasteiger partial charge in [-0.3, -0.25) is 0 Å². The fourth-order valence-electron chi connectivity index (χ4n) is 0.578. The van der Waals surface area contributed by atoms with Gasteiger partial charge in [-0.1, -0.05) is 23.8 Å². The van der Waals surface area contributed by atoms with Gasteiger partial charge in [-0.25, -0.2) is 0 Å². The van der Waals surface area contributed by atoms with Crippen LogP contribution in [0.15, 0.2) is 23.8 Å². The smallest absolute Gasteiger partial charge is 0.0117 e. The molecule has 8 heavy (non-hydrogen) atoms. The Balaban J connectivity index is 3.56. The molecule has 0 heterocycles. The summed E-state index contributed by atoms with van der Waals surface area (Å²) in [4.78, 5) is 0. The molecule has 46 valence electrons. The summed E-state index contributed by atoms with van der Waals surface area (Å²) in [5.74, 6) is 0. The van der Waals surface area contributed by atoms with E-state index >= 15 is 0 Å². The lowest BCUT2D eigenvalue weighted by atomic mass is 10.1. The van der Waals surface area contributed by atoms with E-state index in [1.54, 1.807) is 0 Å². The highest BCUT2D eigenvalue weighted by atomic mass is 13.9. The molecule has 0 spiro atoms. The molecule has 0 rings (SSSR count). The van der Waals surface area contributed by atoms with Gasteiger partial charge in [0.2, 0.25) is 0 Å². The maximum absolute atomic E-state index is 3.80. The van der Waals surface area contributed by atoms with Gasteiger partial charge in [-0.2, -0.15) is 0 Å². The van der Waals surface area contributed by atoms with Crippen LogP contribution in [-0.2, 0) is 0 Å². The zero-order valence-electron chi connectivity index (χ0n) is 5.99. The first-order valence-corrected chi connectivity index (χ1v) is 2.93. The van der Waals surface area contributed by atoms with Gasteiger partial charge in [0.25, 0.3) is 0 Å². The van der Waals surface area contributed by atoms with Gasteiger partial charge >= 0.3 is 0 Å². The van der Waals surface area contributed by atoms with Crippen molar-refractivity contribution in [2.45, 2.75) is 27.2 Å². The predicted molar refractivity (Wildman–Crippen MR) is 38.9 cm³/mol. The van der Waals surface area contributed by atoms with Crippen molar-refractivity contribution < 1.29 is 0 Å².